The average Bonchev–Trinajstić information content (AvgIpc) is 3.92. The number of carbonyl (C=O) groups is 2. The summed E-state index contributed by atoms with van der Waals surface area (Å²) in [6.07, 6.45) is 14.1. The highest BCUT2D eigenvalue weighted by atomic mass is 36.0. The Morgan fingerprint density at radius 1 is 0.735 bits per heavy atom. The van der Waals surface area contributed by atoms with E-state index in [1.54, 1.807) is 40.2 Å². The van der Waals surface area contributed by atoms with E-state index in [2.05, 4.69) is 77.9 Å². The minimum Gasteiger partial charge on any atom is -0.481 e. The zero-order valence-corrected chi connectivity index (χ0v) is 33.2. The number of carboxylic acids is 1. The Balaban J connectivity index is 0.000000342. The Bertz CT molecular complexity index is 1430. The summed E-state index contributed by atoms with van der Waals surface area (Å²) in [5.41, 5.74) is 5.15. The SMILES string of the molecule is C.C.CC(C)Cc1ncc(C2(C(=O)Cl)CC2)s1.CC(C)Cc1ncc(C2(C(=O)O)CC2)s1.CC(C)Cc1ncc(C2(N)CC2)s1.O=S(Cl)Cl. The molecule has 8 nitrogen and oxygen atoms in total. The van der Waals surface area contributed by atoms with Crippen LogP contribution in [-0.2, 0) is 54.4 Å². The van der Waals surface area contributed by atoms with E-state index in [4.69, 9.17) is 26.7 Å². The number of hydrogen-bond donors (Lipinski definition) is 2. The zero-order chi connectivity index (χ0) is 35.2. The molecule has 3 N–H and O–H groups in total. The van der Waals surface area contributed by atoms with E-state index >= 15 is 0 Å². The zero-order valence-electron chi connectivity index (χ0n) is 27.7. The summed E-state index contributed by atoms with van der Waals surface area (Å²) in [6, 6.07) is 0. The molecule has 3 aromatic rings. The normalized spacial score (nSPS) is 16.9. The van der Waals surface area contributed by atoms with Gasteiger partial charge in [-0.25, -0.2) is 19.2 Å². The first-order valence-corrected chi connectivity index (χ1v) is 21.4. The van der Waals surface area contributed by atoms with Crippen molar-refractivity contribution in [1.82, 2.24) is 15.0 Å². The predicted octanol–water partition coefficient (Wildman–Crippen LogP) is 10.2. The molecule has 0 aliphatic heterocycles. The number of aromatic nitrogens is 3. The van der Waals surface area contributed by atoms with Gasteiger partial charge in [0.15, 0.2) is 0 Å². The van der Waals surface area contributed by atoms with E-state index in [9.17, 15) is 9.59 Å². The molecule has 3 aromatic heterocycles. The molecule has 0 unspecified atom stereocenters. The predicted molar refractivity (Wildman–Crippen MR) is 211 cm³/mol. The Labute approximate surface area is 321 Å². The lowest BCUT2D eigenvalue weighted by Gasteiger charge is -2.04. The van der Waals surface area contributed by atoms with Crippen LogP contribution in [0.3, 0.4) is 0 Å². The summed E-state index contributed by atoms with van der Waals surface area (Å²) < 4.78 is 9.09. The van der Waals surface area contributed by atoms with Gasteiger partial charge in [-0.05, 0) is 67.9 Å². The second kappa shape index (κ2) is 19.7. The highest BCUT2D eigenvalue weighted by Gasteiger charge is 2.53. The first kappa shape index (κ1) is 46.0. The van der Waals surface area contributed by atoms with E-state index in [1.165, 1.54) is 9.88 Å². The Hall–Kier alpha value is -0.990. The number of nitrogens with two attached hydrogens (primary N) is 1. The van der Waals surface area contributed by atoms with Gasteiger partial charge in [0.2, 0.25) is 14.5 Å². The third-order valence-corrected chi connectivity index (χ3v) is 12.0. The Morgan fingerprint density at radius 3 is 1.31 bits per heavy atom. The summed E-state index contributed by atoms with van der Waals surface area (Å²) in [4.78, 5) is 38.7. The van der Waals surface area contributed by atoms with E-state index in [0.717, 1.165) is 77.6 Å². The maximum atomic E-state index is 11.3. The maximum Gasteiger partial charge on any atom is 0.315 e. The van der Waals surface area contributed by atoms with Crippen molar-refractivity contribution in [2.75, 3.05) is 0 Å². The molecule has 0 atom stereocenters. The Kier molecular flexibility index (Phi) is 18.5. The third kappa shape index (κ3) is 13.8. The van der Waals surface area contributed by atoms with Crippen LogP contribution in [0.25, 0.3) is 0 Å². The third-order valence-electron chi connectivity index (χ3n) is 7.92. The van der Waals surface area contributed by atoms with E-state index < -0.39 is 20.6 Å². The molecule has 0 amide bonds. The number of rotatable bonds is 11. The lowest BCUT2D eigenvalue weighted by molar-refractivity contribution is -0.139. The van der Waals surface area contributed by atoms with Crippen molar-refractivity contribution < 1.29 is 18.9 Å². The number of carboxylic acid groups (broad SMARTS) is 1. The first-order chi connectivity index (χ1) is 21.9. The number of aliphatic carboxylic acids is 1. The quantitative estimate of drug-likeness (QED) is 0.183. The largest absolute Gasteiger partial charge is 0.481 e. The highest BCUT2D eigenvalue weighted by Crippen LogP contribution is 2.52. The topological polar surface area (TPSA) is 136 Å². The number of thiazole rings is 3. The van der Waals surface area contributed by atoms with Crippen LogP contribution in [0.1, 0.15) is 125 Å². The van der Waals surface area contributed by atoms with Crippen LogP contribution in [0.2, 0.25) is 0 Å². The summed E-state index contributed by atoms with van der Waals surface area (Å²) in [7, 11) is 7.36. The number of carbonyl (C=O) groups excluding carboxylic acids is 1. The van der Waals surface area contributed by atoms with E-state index in [-0.39, 0.29) is 31.0 Å². The van der Waals surface area contributed by atoms with Crippen LogP contribution in [0.15, 0.2) is 18.6 Å². The van der Waals surface area contributed by atoms with Crippen LogP contribution >= 0.6 is 67.0 Å². The lowest BCUT2D eigenvalue weighted by Crippen LogP contribution is -2.17. The summed E-state index contributed by atoms with van der Waals surface area (Å²) in [5, 5.41) is 12.3. The van der Waals surface area contributed by atoms with Crippen molar-refractivity contribution in [3.63, 3.8) is 0 Å². The second-order valence-electron chi connectivity index (χ2n) is 13.7. The Morgan fingerprint density at radius 2 is 1.04 bits per heavy atom. The fourth-order valence-electron chi connectivity index (χ4n) is 4.67. The van der Waals surface area contributed by atoms with E-state index in [1.807, 2.05) is 12.4 Å². The fraction of sp³-hybridized carbons (Fsp3) is 0.676. The molecule has 49 heavy (non-hydrogen) atoms. The molecule has 0 spiro atoms. The van der Waals surface area contributed by atoms with Gasteiger partial charge in [0.05, 0.1) is 26.0 Å². The lowest BCUT2D eigenvalue weighted by atomic mass is 10.1. The number of nitrogens with zero attached hydrogens (tertiary/aromatic N) is 3. The smallest absolute Gasteiger partial charge is 0.315 e. The summed E-state index contributed by atoms with van der Waals surface area (Å²) in [6.45, 7) is 13.1. The van der Waals surface area contributed by atoms with Gasteiger partial charge in [0.1, 0.15) is 5.41 Å². The van der Waals surface area contributed by atoms with Gasteiger partial charge in [-0.1, -0.05) is 56.4 Å². The van der Waals surface area contributed by atoms with Crippen LogP contribution in [0.5, 0.6) is 0 Å². The minimum absolute atomic E-state index is 0. The molecule has 3 fully saturated rings. The van der Waals surface area contributed by atoms with E-state index in [0.29, 0.717) is 17.8 Å². The molecule has 0 radical (unpaired) electrons. The van der Waals surface area contributed by atoms with Crippen molar-refractivity contribution >= 4 is 87.4 Å². The molecule has 0 saturated heterocycles. The maximum absolute atomic E-state index is 11.3. The van der Waals surface area contributed by atoms with Gasteiger partial charge in [-0.3, -0.25) is 9.59 Å². The second-order valence-corrected chi connectivity index (χ2v) is 19.9. The average molecular weight is 816 g/mol. The standard InChI is InChI=1S/C11H14ClNOS.C11H15NO2S.C10H16N2S.2CH4.Cl2OS/c1-7(2)5-9-13-6-8(15-9)11(3-4-11)10(12)14;1-7(2)5-9-12-6-8(15-9)11(3-4-11)10(13)14;1-7(2)5-9-12-6-8(13-9)10(11)3-4-10;;;1-4(2)3/h6-7H,3-5H2,1-2H3;6-7H,3-5H2,1-2H3,(H,13,14);6-7H,3-5,11H2,1-2H3;2*1H4;. The van der Waals surface area contributed by atoms with Gasteiger partial charge < -0.3 is 10.8 Å². The molecule has 3 aliphatic carbocycles. The molecule has 3 heterocycles. The van der Waals surface area contributed by atoms with Gasteiger partial charge in [-0.2, -0.15) is 0 Å². The van der Waals surface area contributed by atoms with Crippen LogP contribution in [0.4, 0.5) is 0 Å². The number of halogens is 3. The first-order valence-electron chi connectivity index (χ1n) is 15.7. The molecule has 6 rings (SSSR count). The molecule has 3 aliphatic rings. The molecule has 278 valence electrons. The molecular weight excluding hydrogens is 763 g/mol. The molecular formula is C34H53Cl3N4O4S4. The van der Waals surface area contributed by atoms with Crippen molar-refractivity contribution in [3.8, 4) is 0 Å². The van der Waals surface area contributed by atoms with Crippen molar-refractivity contribution in [3.05, 3.63) is 48.2 Å². The molecule has 15 heteroatoms. The van der Waals surface area contributed by atoms with Crippen molar-refractivity contribution in [2.24, 2.45) is 23.5 Å². The van der Waals surface area contributed by atoms with Crippen LogP contribution < -0.4 is 5.73 Å². The summed E-state index contributed by atoms with van der Waals surface area (Å²) in [5.74, 6) is 1.17. The summed E-state index contributed by atoms with van der Waals surface area (Å²) >= 11 is 10.6. The van der Waals surface area contributed by atoms with Gasteiger partial charge >= 0.3 is 5.97 Å². The highest BCUT2D eigenvalue weighted by molar-refractivity contribution is 8.26. The minimum atomic E-state index is -1.67. The monoisotopic (exact) mass is 814 g/mol. The van der Waals surface area contributed by atoms with Crippen LogP contribution in [0, 0.1) is 17.8 Å². The van der Waals surface area contributed by atoms with Gasteiger partial charge in [0.25, 0.3) is 0 Å². The number of hydrogen-bond acceptors (Lipinski definition) is 10. The molecule has 3 saturated carbocycles. The van der Waals surface area contributed by atoms with Gasteiger partial charge in [0, 0.05) is 73.8 Å². The van der Waals surface area contributed by atoms with Crippen molar-refractivity contribution in [2.45, 2.75) is 131 Å². The fourth-order valence-corrected chi connectivity index (χ4v) is 9.05. The molecule has 0 bridgehead atoms. The van der Waals surface area contributed by atoms with Gasteiger partial charge in [-0.15, -0.1) is 34.0 Å². The van der Waals surface area contributed by atoms with Crippen molar-refractivity contribution in [1.29, 1.82) is 0 Å². The van der Waals surface area contributed by atoms with Crippen LogP contribution in [-0.4, -0.2) is 35.5 Å². The molecule has 0 aromatic carbocycles.